The number of carbonyl (C=O) groups excluding carboxylic acids is 1. The summed E-state index contributed by atoms with van der Waals surface area (Å²) in [5.74, 6) is -0.562. The second-order valence-corrected chi connectivity index (χ2v) is 12.7. The second-order valence-electron chi connectivity index (χ2n) is 10.8. The molecule has 0 amide bonds. The van der Waals surface area contributed by atoms with Crippen molar-refractivity contribution in [2.45, 2.75) is 59.0 Å². The van der Waals surface area contributed by atoms with E-state index in [-0.39, 0.29) is 57.7 Å². The number of carbonyl (C=O) groups is 1. The highest BCUT2D eigenvalue weighted by Crippen LogP contribution is 2.38. The molecule has 0 aliphatic heterocycles. The number of ketones is 1. The summed E-state index contributed by atoms with van der Waals surface area (Å²) in [6.07, 6.45) is 1.19. The molecular formula is C30H37BrN4O4S. The van der Waals surface area contributed by atoms with Gasteiger partial charge in [0.2, 0.25) is 15.6 Å². The second kappa shape index (κ2) is 12.4. The molecule has 0 saturated carbocycles. The average molecular weight is 630 g/mol. The molecule has 3 aromatic carbocycles. The first kappa shape index (κ1) is 31.2. The smallest absolute Gasteiger partial charge is 0.232 e. The third kappa shape index (κ3) is 6.85. The lowest BCUT2D eigenvalue weighted by Crippen LogP contribution is -2.28. The molecule has 1 aromatic heterocycles. The Hall–Kier alpha value is -3.37. The third-order valence-electron chi connectivity index (χ3n) is 6.73. The number of halogens is 1. The zero-order chi connectivity index (χ0) is 28.4. The zero-order valence-electron chi connectivity index (χ0n) is 23.3. The van der Waals surface area contributed by atoms with Crippen LogP contribution in [0.5, 0.6) is 5.75 Å². The van der Waals surface area contributed by atoms with Crippen molar-refractivity contribution in [3.05, 3.63) is 89.0 Å². The van der Waals surface area contributed by atoms with Gasteiger partial charge in [0, 0.05) is 11.1 Å². The number of benzene rings is 3. The number of hydrogen-bond donors (Lipinski definition) is 3. The van der Waals surface area contributed by atoms with Gasteiger partial charge in [-0.05, 0) is 41.7 Å². The first-order valence-corrected chi connectivity index (χ1v) is 14.7. The van der Waals surface area contributed by atoms with Crippen LogP contribution in [0.3, 0.4) is 0 Å². The van der Waals surface area contributed by atoms with Gasteiger partial charge in [0.15, 0.2) is 5.78 Å². The Bertz CT molecular complexity index is 1670. The maximum atomic E-state index is 13.7. The number of sulfonamides is 1. The van der Waals surface area contributed by atoms with Crippen LogP contribution in [0.25, 0.3) is 11.0 Å². The number of Topliss-reactive ketones (excluding diaryl/α,β-unsaturated/α-hetero) is 1. The summed E-state index contributed by atoms with van der Waals surface area (Å²) in [5, 5.41) is 19.9. The summed E-state index contributed by atoms with van der Waals surface area (Å²) in [6.45, 7) is 7.94. The average Bonchev–Trinajstić information content (AvgIpc) is 3.14. The number of imidazole rings is 1. The predicted molar refractivity (Wildman–Crippen MR) is 165 cm³/mol. The van der Waals surface area contributed by atoms with Crippen LogP contribution in [-0.4, -0.2) is 34.2 Å². The Balaban J connectivity index is 0.00000441. The van der Waals surface area contributed by atoms with Gasteiger partial charge in [-0.25, -0.2) is 8.42 Å². The minimum atomic E-state index is -3.70. The van der Waals surface area contributed by atoms with Crippen molar-refractivity contribution < 1.29 is 18.3 Å². The van der Waals surface area contributed by atoms with Crippen molar-refractivity contribution >= 4 is 49.5 Å². The number of aromatic hydroxyl groups is 1. The molecule has 4 aromatic rings. The topological polar surface area (TPSA) is 117 Å². The molecule has 214 valence electrons. The molecule has 0 radical (unpaired) electrons. The van der Waals surface area contributed by atoms with E-state index in [9.17, 15) is 18.3 Å². The molecule has 0 bridgehead atoms. The number of phenolic OH excluding ortho intramolecular Hbond substituents is 1. The molecule has 0 atom stereocenters. The maximum Gasteiger partial charge on any atom is 0.232 e. The summed E-state index contributed by atoms with van der Waals surface area (Å²) < 4.78 is 31.3. The van der Waals surface area contributed by atoms with Gasteiger partial charge < -0.3 is 14.2 Å². The van der Waals surface area contributed by atoms with Crippen molar-refractivity contribution in [3.8, 4) is 5.75 Å². The Morgan fingerprint density at radius 3 is 2.17 bits per heavy atom. The van der Waals surface area contributed by atoms with E-state index in [4.69, 9.17) is 5.41 Å². The normalized spacial score (nSPS) is 11.8. The summed E-state index contributed by atoms with van der Waals surface area (Å²) in [4.78, 5) is 13.7. The van der Waals surface area contributed by atoms with Crippen LogP contribution in [0.1, 0.15) is 62.0 Å². The van der Waals surface area contributed by atoms with E-state index in [0.717, 1.165) is 16.6 Å². The zero-order valence-corrected chi connectivity index (χ0v) is 25.8. The Morgan fingerprint density at radius 1 is 0.975 bits per heavy atom. The lowest BCUT2D eigenvalue weighted by Gasteiger charge is -2.23. The standard InChI is InChI=1S/C30H36N4O4S.BrH/c1-5-6-16-39(37,38)32-24-18-22(17-23(28(24)36)30(2,3)4)27(35)20-34-26-15-11-10-14-25(26)33(29(34)31)19-21-12-8-7-9-13-21;/h7-15,17-18,31-32,36H,5-6,16,19-20H2,1-4H3;1H. The molecule has 8 nitrogen and oxygen atoms in total. The number of unbranched alkanes of at least 4 members (excludes halogenated alkanes) is 1. The molecule has 0 fully saturated rings. The van der Waals surface area contributed by atoms with E-state index in [2.05, 4.69) is 4.72 Å². The van der Waals surface area contributed by atoms with E-state index in [0.29, 0.717) is 24.9 Å². The van der Waals surface area contributed by atoms with Crippen LogP contribution >= 0.6 is 17.0 Å². The van der Waals surface area contributed by atoms with Crippen molar-refractivity contribution in [3.63, 3.8) is 0 Å². The molecule has 10 heteroatoms. The van der Waals surface area contributed by atoms with Gasteiger partial charge in [0.05, 0.1) is 35.6 Å². The molecule has 0 aliphatic carbocycles. The van der Waals surface area contributed by atoms with Gasteiger partial charge in [-0.3, -0.25) is 14.9 Å². The van der Waals surface area contributed by atoms with Crippen LogP contribution in [0.15, 0.2) is 66.7 Å². The minimum absolute atomic E-state index is 0. The Morgan fingerprint density at radius 2 is 1.57 bits per heavy atom. The van der Waals surface area contributed by atoms with Gasteiger partial charge in [0.25, 0.3) is 0 Å². The van der Waals surface area contributed by atoms with Crippen LogP contribution in [0, 0.1) is 5.41 Å². The van der Waals surface area contributed by atoms with Crippen molar-refractivity contribution in [2.24, 2.45) is 0 Å². The van der Waals surface area contributed by atoms with Crippen LogP contribution in [0.4, 0.5) is 5.69 Å². The molecular weight excluding hydrogens is 592 g/mol. The SMILES string of the molecule is Br.CCCCS(=O)(=O)Nc1cc(C(=O)Cn2c(=N)n(Cc3ccccc3)c3ccccc32)cc(C(C)(C)C)c1O. The van der Waals surface area contributed by atoms with Gasteiger partial charge in [0.1, 0.15) is 5.75 Å². The van der Waals surface area contributed by atoms with E-state index < -0.39 is 15.4 Å². The fourth-order valence-electron chi connectivity index (χ4n) is 4.61. The summed E-state index contributed by atoms with van der Waals surface area (Å²) in [6, 6.07) is 20.4. The lowest BCUT2D eigenvalue weighted by atomic mass is 9.84. The highest BCUT2D eigenvalue weighted by atomic mass is 79.9. The molecule has 0 spiro atoms. The lowest BCUT2D eigenvalue weighted by molar-refractivity contribution is 0.0971. The summed E-state index contributed by atoms with van der Waals surface area (Å²) in [5.41, 5.74) is 2.98. The monoisotopic (exact) mass is 628 g/mol. The highest BCUT2D eigenvalue weighted by molar-refractivity contribution is 8.93. The maximum absolute atomic E-state index is 13.7. The van der Waals surface area contributed by atoms with Crippen molar-refractivity contribution in [2.75, 3.05) is 10.5 Å². The predicted octanol–water partition coefficient (Wildman–Crippen LogP) is 5.98. The first-order chi connectivity index (χ1) is 18.4. The molecule has 0 saturated heterocycles. The number of rotatable bonds is 10. The molecule has 4 rings (SSSR count). The number of para-hydroxylation sites is 2. The fraction of sp³-hybridized carbons (Fsp3) is 0.333. The summed E-state index contributed by atoms with van der Waals surface area (Å²) in [7, 11) is -3.70. The van der Waals surface area contributed by atoms with Gasteiger partial charge in [-0.2, -0.15) is 0 Å². The highest BCUT2D eigenvalue weighted by Gasteiger charge is 2.25. The molecule has 3 N–H and O–H groups in total. The van der Waals surface area contributed by atoms with Crippen molar-refractivity contribution in [1.29, 1.82) is 5.41 Å². The number of hydrogen-bond acceptors (Lipinski definition) is 5. The van der Waals surface area contributed by atoms with Gasteiger partial charge in [-0.1, -0.05) is 76.6 Å². The van der Waals surface area contributed by atoms with Gasteiger partial charge in [-0.15, -0.1) is 17.0 Å². The van der Waals surface area contributed by atoms with E-state index in [1.807, 2.05) is 86.9 Å². The number of fused-ring (bicyclic) bond motifs is 1. The molecule has 0 unspecified atom stereocenters. The van der Waals surface area contributed by atoms with E-state index in [1.165, 1.54) is 6.07 Å². The fourth-order valence-corrected chi connectivity index (χ4v) is 5.87. The minimum Gasteiger partial charge on any atom is -0.505 e. The van der Waals surface area contributed by atoms with E-state index in [1.54, 1.807) is 10.6 Å². The Labute approximate surface area is 246 Å². The van der Waals surface area contributed by atoms with Crippen LogP contribution in [0.2, 0.25) is 0 Å². The number of nitrogens with one attached hydrogen (secondary N) is 2. The van der Waals surface area contributed by atoms with Crippen LogP contribution < -0.4 is 10.3 Å². The molecule has 0 aliphatic rings. The first-order valence-electron chi connectivity index (χ1n) is 13.1. The third-order valence-corrected chi connectivity index (χ3v) is 8.09. The van der Waals surface area contributed by atoms with Crippen molar-refractivity contribution in [1.82, 2.24) is 9.13 Å². The number of phenols is 1. The number of nitrogens with zero attached hydrogens (tertiary/aromatic N) is 2. The largest absolute Gasteiger partial charge is 0.505 e. The van der Waals surface area contributed by atoms with E-state index >= 15 is 0 Å². The molecule has 1 heterocycles. The number of aromatic nitrogens is 2. The van der Waals surface area contributed by atoms with Crippen LogP contribution in [-0.2, 0) is 28.5 Å². The number of anilines is 1. The summed E-state index contributed by atoms with van der Waals surface area (Å²) >= 11 is 0. The van der Waals surface area contributed by atoms with Gasteiger partial charge >= 0.3 is 0 Å². The molecule has 40 heavy (non-hydrogen) atoms. The quantitative estimate of drug-likeness (QED) is 0.148. The Kier molecular flexibility index (Phi) is 9.68.